The van der Waals surface area contributed by atoms with Crippen LogP contribution in [-0.4, -0.2) is 42.4 Å². The number of aryl methyl sites for hydroxylation is 1. The van der Waals surface area contributed by atoms with E-state index in [4.69, 9.17) is 0 Å². The average Bonchev–Trinajstić information content (AvgIpc) is 2.24. The van der Waals surface area contributed by atoms with E-state index in [1.54, 1.807) is 0 Å². The fourth-order valence-electron chi connectivity index (χ4n) is 2.10. The minimum absolute atomic E-state index is 0.00666. The minimum atomic E-state index is -0.142. The number of rotatable bonds is 5. The molecule has 1 aromatic rings. The van der Waals surface area contributed by atoms with E-state index in [-0.39, 0.29) is 25.2 Å². The number of aliphatic hydroxyl groups is 2. The Balaban J connectivity index is 3.02. The maximum absolute atomic E-state index is 9.29. The van der Waals surface area contributed by atoms with E-state index in [9.17, 15) is 10.2 Å². The summed E-state index contributed by atoms with van der Waals surface area (Å²) in [5, 5.41) is 18.6. The van der Waals surface area contributed by atoms with Crippen LogP contribution in [0.15, 0.2) is 24.3 Å². The molecule has 0 aliphatic carbocycles. The SMILES string of the molecule is Cc1cccc([C@H](C(CO)CO)N(C)C)c1. The van der Waals surface area contributed by atoms with Crippen molar-refractivity contribution in [2.24, 2.45) is 5.92 Å². The lowest BCUT2D eigenvalue weighted by atomic mass is 9.92. The monoisotopic (exact) mass is 223 g/mol. The molecular weight excluding hydrogens is 202 g/mol. The highest BCUT2D eigenvalue weighted by Crippen LogP contribution is 2.26. The van der Waals surface area contributed by atoms with Crippen molar-refractivity contribution in [2.45, 2.75) is 13.0 Å². The molecule has 0 amide bonds. The minimum Gasteiger partial charge on any atom is -0.396 e. The number of hydrogen-bond acceptors (Lipinski definition) is 3. The van der Waals surface area contributed by atoms with Crippen LogP contribution < -0.4 is 0 Å². The van der Waals surface area contributed by atoms with Gasteiger partial charge in [-0.15, -0.1) is 0 Å². The highest BCUT2D eigenvalue weighted by molar-refractivity contribution is 5.25. The number of benzene rings is 1. The zero-order chi connectivity index (χ0) is 12.1. The third-order valence-electron chi connectivity index (χ3n) is 2.86. The van der Waals surface area contributed by atoms with Crippen LogP contribution in [0.4, 0.5) is 0 Å². The zero-order valence-corrected chi connectivity index (χ0v) is 10.2. The van der Waals surface area contributed by atoms with E-state index in [2.05, 4.69) is 6.07 Å². The summed E-state index contributed by atoms with van der Waals surface area (Å²) in [4.78, 5) is 2.03. The van der Waals surface area contributed by atoms with Gasteiger partial charge >= 0.3 is 0 Å². The molecule has 0 bridgehead atoms. The Bertz CT molecular complexity index is 321. The molecule has 0 radical (unpaired) electrons. The lowest BCUT2D eigenvalue weighted by molar-refractivity contribution is 0.0808. The number of aliphatic hydroxyl groups excluding tert-OH is 2. The summed E-state index contributed by atoms with van der Waals surface area (Å²) in [6, 6.07) is 8.24. The third-order valence-corrected chi connectivity index (χ3v) is 2.86. The highest BCUT2D eigenvalue weighted by Gasteiger charge is 2.23. The van der Waals surface area contributed by atoms with Crippen molar-refractivity contribution in [1.29, 1.82) is 0 Å². The first-order chi connectivity index (χ1) is 7.60. The normalized spacial score (nSPS) is 13.4. The van der Waals surface area contributed by atoms with Gasteiger partial charge in [-0.3, -0.25) is 0 Å². The van der Waals surface area contributed by atoms with Gasteiger partial charge in [-0.2, -0.15) is 0 Å². The van der Waals surface area contributed by atoms with Crippen LogP contribution in [0, 0.1) is 12.8 Å². The van der Waals surface area contributed by atoms with E-state index in [0.29, 0.717) is 0 Å². The summed E-state index contributed by atoms with van der Waals surface area (Å²) < 4.78 is 0. The maximum Gasteiger partial charge on any atom is 0.0499 e. The Morgan fingerprint density at radius 1 is 1.19 bits per heavy atom. The van der Waals surface area contributed by atoms with E-state index < -0.39 is 0 Å². The Kier molecular flexibility index (Phi) is 4.93. The van der Waals surface area contributed by atoms with Gasteiger partial charge < -0.3 is 15.1 Å². The van der Waals surface area contributed by atoms with Crippen LogP contribution in [0.3, 0.4) is 0 Å². The van der Waals surface area contributed by atoms with Gasteiger partial charge in [0.15, 0.2) is 0 Å². The molecule has 16 heavy (non-hydrogen) atoms. The molecule has 0 spiro atoms. The first-order valence-corrected chi connectivity index (χ1v) is 5.54. The van der Waals surface area contributed by atoms with Gasteiger partial charge in [0.05, 0.1) is 0 Å². The van der Waals surface area contributed by atoms with Crippen molar-refractivity contribution in [1.82, 2.24) is 4.90 Å². The molecule has 3 heteroatoms. The van der Waals surface area contributed by atoms with Crippen LogP contribution in [0.5, 0.6) is 0 Å². The van der Waals surface area contributed by atoms with Crippen molar-refractivity contribution >= 4 is 0 Å². The fraction of sp³-hybridized carbons (Fsp3) is 0.538. The first kappa shape index (κ1) is 13.2. The second kappa shape index (κ2) is 5.99. The van der Waals surface area contributed by atoms with Gasteiger partial charge in [-0.1, -0.05) is 29.8 Å². The predicted octanol–water partition coefficient (Wildman–Crippen LogP) is 1.20. The molecule has 0 saturated heterocycles. The van der Waals surface area contributed by atoms with Crippen LogP contribution in [0.25, 0.3) is 0 Å². The quantitative estimate of drug-likeness (QED) is 0.788. The molecule has 90 valence electrons. The van der Waals surface area contributed by atoms with Crippen molar-refractivity contribution in [3.05, 3.63) is 35.4 Å². The Labute approximate surface area is 97.3 Å². The summed E-state index contributed by atoms with van der Waals surface area (Å²) >= 11 is 0. The van der Waals surface area contributed by atoms with Crippen LogP contribution in [-0.2, 0) is 0 Å². The third kappa shape index (κ3) is 3.04. The standard InChI is InChI=1S/C13H21NO2/c1-10-5-4-6-11(7-10)13(14(2)3)12(8-15)9-16/h4-7,12-13,15-16H,8-9H2,1-3H3/t13-/m1/s1. The first-order valence-electron chi connectivity index (χ1n) is 5.54. The van der Waals surface area contributed by atoms with E-state index in [1.807, 2.05) is 44.1 Å². The lowest BCUT2D eigenvalue weighted by Gasteiger charge is -2.30. The summed E-state index contributed by atoms with van der Waals surface area (Å²) in [5.41, 5.74) is 2.33. The van der Waals surface area contributed by atoms with Gasteiger partial charge in [-0.05, 0) is 26.6 Å². The van der Waals surface area contributed by atoms with Gasteiger partial charge in [0.25, 0.3) is 0 Å². The van der Waals surface area contributed by atoms with E-state index in [1.165, 1.54) is 5.56 Å². The summed E-state index contributed by atoms with van der Waals surface area (Å²) in [6.45, 7) is 2.03. The van der Waals surface area contributed by atoms with Gasteiger partial charge in [0.2, 0.25) is 0 Å². The van der Waals surface area contributed by atoms with Gasteiger partial charge in [-0.25, -0.2) is 0 Å². The van der Waals surface area contributed by atoms with Gasteiger partial charge in [0.1, 0.15) is 0 Å². The van der Waals surface area contributed by atoms with E-state index in [0.717, 1.165) is 5.56 Å². The molecule has 0 aliphatic heterocycles. The van der Waals surface area contributed by atoms with Crippen LogP contribution in [0.2, 0.25) is 0 Å². The summed E-state index contributed by atoms with van der Waals surface area (Å²) in [5.74, 6) is -0.142. The molecule has 1 aromatic carbocycles. The summed E-state index contributed by atoms with van der Waals surface area (Å²) in [7, 11) is 3.93. The highest BCUT2D eigenvalue weighted by atomic mass is 16.3. The van der Waals surface area contributed by atoms with Crippen molar-refractivity contribution in [3.8, 4) is 0 Å². The molecule has 3 nitrogen and oxygen atoms in total. The molecular formula is C13H21NO2. The Morgan fingerprint density at radius 2 is 1.81 bits per heavy atom. The average molecular weight is 223 g/mol. The molecule has 1 rings (SSSR count). The number of nitrogens with zero attached hydrogens (tertiary/aromatic N) is 1. The van der Waals surface area contributed by atoms with E-state index >= 15 is 0 Å². The zero-order valence-electron chi connectivity index (χ0n) is 10.2. The molecule has 0 unspecified atom stereocenters. The second-order valence-electron chi connectivity index (χ2n) is 4.45. The molecule has 2 N–H and O–H groups in total. The molecule has 0 heterocycles. The van der Waals surface area contributed by atoms with Crippen molar-refractivity contribution < 1.29 is 10.2 Å². The smallest absolute Gasteiger partial charge is 0.0499 e. The Hall–Kier alpha value is -0.900. The molecule has 0 aromatic heterocycles. The van der Waals surface area contributed by atoms with Crippen LogP contribution >= 0.6 is 0 Å². The topological polar surface area (TPSA) is 43.7 Å². The Morgan fingerprint density at radius 3 is 2.25 bits per heavy atom. The maximum atomic E-state index is 9.29. The molecule has 0 fully saturated rings. The molecule has 0 aliphatic rings. The van der Waals surface area contributed by atoms with Gasteiger partial charge in [0, 0.05) is 25.2 Å². The fourth-order valence-corrected chi connectivity index (χ4v) is 2.10. The number of hydrogen-bond donors (Lipinski definition) is 2. The second-order valence-corrected chi connectivity index (χ2v) is 4.45. The lowest BCUT2D eigenvalue weighted by Crippen LogP contribution is -2.31. The van der Waals surface area contributed by atoms with Crippen molar-refractivity contribution in [3.63, 3.8) is 0 Å². The molecule has 1 atom stereocenters. The largest absolute Gasteiger partial charge is 0.396 e. The summed E-state index contributed by atoms with van der Waals surface area (Å²) in [6.07, 6.45) is 0. The van der Waals surface area contributed by atoms with Crippen molar-refractivity contribution in [2.75, 3.05) is 27.3 Å². The molecule has 0 saturated carbocycles. The van der Waals surface area contributed by atoms with Crippen LogP contribution in [0.1, 0.15) is 17.2 Å². The predicted molar refractivity (Wildman–Crippen MR) is 65.3 cm³/mol.